The van der Waals surface area contributed by atoms with Crippen molar-refractivity contribution in [1.29, 1.82) is 0 Å². The summed E-state index contributed by atoms with van der Waals surface area (Å²) in [6.07, 6.45) is 3.31. The summed E-state index contributed by atoms with van der Waals surface area (Å²) < 4.78 is 0. The molecule has 1 heterocycles. The molecule has 0 saturated heterocycles. The number of rotatable bonds is 3. The number of fused-ring (bicyclic) bond motifs is 1. The molecule has 0 aliphatic rings. The molecule has 0 bridgehead atoms. The topological polar surface area (TPSA) is 78.3 Å². The molecule has 3 aromatic rings. The van der Waals surface area contributed by atoms with Crippen molar-refractivity contribution in [3.63, 3.8) is 0 Å². The minimum Gasteiger partial charge on any atom is -0.508 e. The molecule has 0 fully saturated rings. The molecule has 2 aromatic carbocycles. The monoisotopic (exact) mass is 281 g/mol. The third-order valence-electron chi connectivity index (χ3n) is 3.33. The average Bonchev–Trinajstić information content (AvgIpc) is 2.47. The van der Waals surface area contributed by atoms with Gasteiger partial charge in [0.05, 0.1) is 17.1 Å². The van der Waals surface area contributed by atoms with Gasteiger partial charge in [0.15, 0.2) is 0 Å². The van der Waals surface area contributed by atoms with Gasteiger partial charge in [-0.1, -0.05) is 0 Å². The maximum absolute atomic E-state index is 9.89. The fourth-order valence-corrected chi connectivity index (χ4v) is 2.28. The molecule has 0 spiro atoms. The molecule has 21 heavy (non-hydrogen) atoms. The average molecular weight is 281 g/mol. The molecule has 0 radical (unpaired) electrons. The number of aromatic hydroxyl groups is 2. The van der Waals surface area contributed by atoms with Crippen molar-refractivity contribution in [3.8, 4) is 11.5 Å². The van der Waals surface area contributed by atoms with Gasteiger partial charge in [-0.25, -0.2) is 0 Å². The molecule has 0 aliphatic carbocycles. The van der Waals surface area contributed by atoms with Gasteiger partial charge in [-0.05, 0) is 37.3 Å². The van der Waals surface area contributed by atoms with Gasteiger partial charge < -0.3 is 15.5 Å². The van der Waals surface area contributed by atoms with E-state index >= 15 is 0 Å². The molecule has 0 amide bonds. The van der Waals surface area contributed by atoms with E-state index in [0.29, 0.717) is 5.56 Å². The number of phenols is 2. The quantitative estimate of drug-likeness (QED) is 0.687. The first kappa shape index (κ1) is 13.2. The zero-order valence-electron chi connectivity index (χ0n) is 11.5. The van der Waals surface area contributed by atoms with Crippen molar-refractivity contribution in [3.05, 3.63) is 54.4 Å². The Bertz CT molecular complexity index is 789. The van der Waals surface area contributed by atoms with Gasteiger partial charge in [-0.15, -0.1) is 0 Å². The highest BCUT2D eigenvalue weighted by molar-refractivity contribution is 5.78. The second-order valence-corrected chi connectivity index (χ2v) is 4.87. The summed E-state index contributed by atoms with van der Waals surface area (Å²) in [5.41, 5.74) is 3.25. The van der Waals surface area contributed by atoms with Gasteiger partial charge >= 0.3 is 0 Å². The van der Waals surface area contributed by atoms with E-state index in [0.717, 1.165) is 16.7 Å². The lowest BCUT2D eigenvalue weighted by Crippen LogP contribution is -2.06. The Morgan fingerprint density at radius 1 is 0.952 bits per heavy atom. The minimum absolute atomic E-state index is 0.0458. The van der Waals surface area contributed by atoms with Gasteiger partial charge in [0.25, 0.3) is 0 Å². The Hall–Kier alpha value is -2.82. The lowest BCUT2D eigenvalue weighted by molar-refractivity contribution is 0.444. The number of nitrogens with zero attached hydrogens (tertiary/aromatic N) is 2. The van der Waals surface area contributed by atoms with Crippen molar-refractivity contribution >= 4 is 16.7 Å². The Labute approximate surface area is 121 Å². The summed E-state index contributed by atoms with van der Waals surface area (Å²) in [6, 6.07) is 10.2. The smallest absolute Gasteiger partial charge is 0.124 e. The first-order valence-corrected chi connectivity index (χ1v) is 6.62. The molecule has 0 aliphatic heterocycles. The maximum Gasteiger partial charge on any atom is 0.124 e. The summed E-state index contributed by atoms with van der Waals surface area (Å²) in [5.74, 6) is 0.111. The molecular weight excluding hydrogens is 266 g/mol. The Morgan fingerprint density at radius 2 is 1.71 bits per heavy atom. The van der Waals surface area contributed by atoms with Crippen molar-refractivity contribution in [2.24, 2.45) is 0 Å². The van der Waals surface area contributed by atoms with Gasteiger partial charge in [-0.3, -0.25) is 9.97 Å². The molecule has 3 rings (SSSR count). The third-order valence-corrected chi connectivity index (χ3v) is 3.33. The predicted octanol–water partition coefficient (Wildman–Crippen LogP) is 3.21. The van der Waals surface area contributed by atoms with Gasteiger partial charge in [0.2, 0.25) is 0 Å². The van der Waals surface area contributed by atoms with E-state index in [1.807, 2.05) is 25.1 Å². The number of phenolic OH excluding ortho intramolecular Hbond substituents is 2. The van der Waals surface area contributed by atoms with E-state index in [9.17, 15) is 10.2 Å². The van der Waals surface area contributed by atoms with Crippen LogP contribution in [0, 0.1) is 0 Å². The zero-order valence-corrected chi connectivity index (χ0v) is 11.5. The van der Waals surface area contributed by atoms with Crippen LogP contribution in [0.5, 0.6) is 11.5 Å². The summed E-state index contributed by atoms with van der Waals surface area (Å²) in [4.78, 5) is 8.49. The lowest BCUT2D eigenvalue weighted by atomic mass is 10.1. The summed E-state index contributed by atoms with van der Waals surface area (Å²) in [7, 11) is 0. The van der Waals surface area contributed by atoms with Crippen molar-refractivity contribution in [2.75, 3.05) is 5.32 Å². The lowest BCUT2D eigenvalue weighted by Gasteiger charge is -2.17. The van der Waals surface area contributed by atoms with Crippen molar-refractivity contribution < 1.29 is 10.2 Å². The van der Waals surface area contributed by atoms with Gasteiger partial charge in [0.1, 0.15) is 11.5 Å². The van der Waals surface area contributed by atoms with E-state index in [1.54, 1.807) is 24.5 Å². The number of hydrogen-bond donors (Lipinski definition) is 3. The molecule has 1 unspecified atom stereocenters. The molecule has 1 atom stereocenters. The minimum atomic E-state index is -0.111. The van der Waals surface area contributed by atoms with Crippen LogP contribution in [-0.4, -0.2) is 20.2 Å². The van der Waals surface area contributed by atoms with Crippen LogP contribution in [0.25, 0.3) is 11.0 Å². The van der Waals surface area contributed by atoms with E-state index in [-0.39, 0.29) is 17.5 Å². The van der Waals surface area contributed by atoms with E-state index in [1.165, 1.54) is 6.07 Å². The molecular formula is C16H15N3O2. The zero-order chi connectivity index (χ0) is 14.8. The van der Waals surface area contributed by atoms with Crippen LogP contribution >= 0.6 is 0 Å². The standard InChI is InChI=1S/C16H15N3O2/c1-10(13-4-3-12(20)9-16(13)21)19-11-2-5-14-15(8-11)18-7-6-17-14/h2-10,19-21H,1H3. The van der Waals surface area contributed by atoms with E-state index < -0.39 is 0 Å². The Balaban J connectivity index is 1.87. The predicted molar refractivity (Wildman–Crippen MR) is 81.3 cm³/mol. The summed E-state index contributed by atoms with van der Waals surface area (Å²) in [6.45, 7) is 1.94. The first-order chi connectivity index (χ1) is 10.1. The number of aromatic nitrogens is 2. The van der Waals surface area contributed by atoms with Crippen molar-refractivity contribution in [2.45, 2.75) is 13.0 Å². The summed E-state index contributed by atoms with van der Waals surface area (Å²) in [5, 5.41) is 22.5. The molecule has 3 N–H and O–H groups in total. The number of hydrogen-bond acceptors (Lipinski definition) is 5. The van der Waals surface area contributed by atoms with Crippen LogP contribution in [0.1, 0.15) is 18.5 Å². The second kappa shape index (κ2) is 5.28. The molecule has 5 heteroatoms. The molecule has 1 aromatic heterocycles. The molecule has 5 nitrogen and oxygen atoms in total. The Morgan fingerprint density at radius 3 is 2.48 bits per heavy atom. The second-order valence-electron chi connectivity index (χ2n) is 4.87. The highest BCUT2D eigenvalue weighted by Crippen LogP contribution is 2.30. The van der Waals surface area contributed by atoms with Gasteiger partial charge in [0, 0.05) is 29.7 Å². The fraction of sp³-hybridized carbons (Fsp3) is 0.125. The van der Waals surface area contributed by atoms with E-state index in [4.69, 9.17) is 0 Å². The third kappa shape index (κ3) is 2.72. The highest BCUT2D eigenvalue weighted by Gasteiger charge is 2.11. The highest BCUT2D eigenvalue weighted by atomic mass is 16.3. The van der Waals surface area contributed by atoms with Crippen molar-refractivity contribution in [1.82, 2.24) is 9.97 Å². The maximum atomic E-state index is 9.89. The number of benzene rings is 2. The molecule has 106 valence electrons. The normalized spacial score (nSPS) is 12.2. The summed E-state index contributed by atoms with van der Waals surface area (Å²) >= 11 is 0. The van der Waals surface area contributed by atoms with Crippen LogP contribution in [0.15, 0.2) is 48.8 Å². The SMILES string of the molecule is CC(Nc1ccc2nccnc2c1)c1ccc(O)cc1O. The number of anilines is 1. The van der Waals surface area contributed by atoms with Crippen LogP contribution < -0.4 is 5.32 Å². The number of nitrogens with one attached hydrogen (secondary N) is 1. The van der Waals surface area contributed by atoms with Crippen LogP contribution in [-0.2, 0) is 0 Å². The largest absolute Gasteiger partial charge is 0.508 e. The fourth-order valence-electron chi connectivity index (χ4n) is 2.28. The van der Waals surface area contributed by atoms with Crippen LogP contribution in [0.2, 0.25) is 0 Å². The van der Waals surface area contributed by atoms with Crippen LogP contribution in [0.3, 0.4) is 0 Å². The van der Waals surface area contributed by atoms with Gasteiger partial charge in [-0.2, -0.15) is 0 Å². The van der Waals surface area contributed by atoms with E-state index in [2.05, 4.69) is 15.3 Å². The first-order valence-electron chi connectivity index (χ1n) is 6.62. The Kier molecular flexibility index (Phi) is 3.31. The van der Waals surface area contributed by atoms with Crippen LogP contribution in [0.4, 0.5) is 5.69 Å². The molecule has 0 saturated carbocycles.